The number of nitro groups is 1. The summed E-state index contributed by atoms with van der Waals surface area (Å²) in [5.41, 5.74) is 0.114. The molecule has 7 nitrogen and oxygen atoms in total. The maximum Gasteiger partial charge on any atom is 0.333 e. The van der Waals surface area contributed by atoms with Gasteiger partial charge in [-0.1, -0.05) is 6.07 Å². The Morgan fingerprint density at radius 1 is 1.36 bits per heavy atom. The predicted octanol–water partition coefficient (Wildman–Crippen LogP) is 2.35. The highest BCUT2D eigenvalue weighted by Crippen LogP contribution is 2.32. The van der Waals surface area contributed by atoms with Crippen LogP contribution in [-0.4, -0.2) is 32.2 Å². The minimum absolute atomic E-state index is 0.0280. The van der Waals surface area contributed by atoms with E-state index < -0.39 is 15.7 Å². The van der Waals surface area contributed by atoms with Crippen molar-refractivity contribution in [1.29, 1.82) is 0 Å². The van der Waals surface area contributed by atoms with E-state index in [0.717, 1.165) is 25.9 Å². The van der Waals surface area contributed by atoms with Crippen LogP contribution in [0.4, 0.5) is 11.5 Å². The van der Waals surface area contributed by atoms with E-state index in [-0.39, 0.29) is 17.1 Å². The first-order valence-electron chi connectivity index (χ1n) is 6.82. The maximum atomic E-state index is 12.3. The number of rotatable bonds is 5. The second-order valence-corrected chi connectivity index (χ2v) is 7.49. The third-order valence-corrected chi connectivity index (χ3v) is 6.08. The highest BCUT2D eigenvalue weighted by atomic mass is 32.2. The summed E-state index contributed by atoms with van der Waals surface area (Å²) in [5.74, 6) is 0.371. The van der Waals surface area contributed by atoms with E-state index in [1.54, 1.807) is 6.07 Å². The van der Waals surface area contributed by atoms with Gasteiger partial charge in [-0.15, -0.1) is 11.3 Å². The summed E-state index contributed by atoms with van der Waals surface area (Å²) >= 11 is 1.37. The molecule has 1 aliphatic rings. The van der Waals surface area contributed by atoms with Gasteiger partial charge in [0.25, 0.3) is 0 Å². The summed E-state index contributed by atoms with van der Waals surface area (Å²) in [6.07, 6.45) is 3.32. The lowest BCUT2D eigenvalue weighted by Gasteiger charge is -2.16. The second-order valence-electron chi connectivity index (χ2n) is 4.87. The fourth-order valence-corrected chi connectivity index (χ4v) is 4.50. The van der Waals surface area contributed by atoms with Gasteiger partial charge in [0, 0.05) is 13.1 Å². The molecule has 9 heteroatoms. The first-order chi connectivity index (χ1) is 10.7. The van der Waals surface area contributed by atoms with Gasteiger partial charge in [-0.3, -0.25) is 14.3 Å². The Balaban J connectivity index is 1.94. The highest BCUT2D eigenvalue weighted by molar-refractivity contribution is 7.86. The van der Waals surface area contributed by atoms with E-state index in [2.05, 4.69) is 9.97 Å². The quantitative estimate of drug-likeness (QED) is 0.614. The first kappa shape index (κ1) is 15.0. The van der Waals surface area contributed by atoms with Crippen LogP contribution in [0.2, 0.25) is 0 Å². The normalized spacial score (nSPS) is 15.9. The highest BCUT2D eigenvalue weighted by Gasteiger charge is 2.29. The number of hydrogen-bond acceptors (Lipinski definition) is 7. The van der Waals surface area contributed by atoms with Crippen LogP contribution in [0.5, 0.6) is 0 Å². The lowest BCUT2D eigenvalue weighted by Crippen LogP contribution is -2.21. The lowest BCUT2D eigenvalue weighted by atomic mass is 10.3. The zero-order chi connectivity index (χ0) is 15.5. The van der Waals surface area contributed by atoms with Gasteiger partial charge >= 0.3 is 5.69 Å². The van der Waals surface area contributed by atoms with Gasteiger partial charge in [-0.05, 0) is 24.3 Å². The Morgan fingerprint density at radius 3 is 2.77 bits per heavy atom. The molecular weight excluding hydrogens is 324 g/mol. The molecule has 1 atom stereocenters. The Morgan fingerprint density at radius 2 is 2.14 bits per heavy atom. The Kier molecular flexibility index (Phi) is 4.44. The summed E-state index contributed by atoms with van der Waals surface area (Å²) in [4.78, 5) is 21.0. The van der Waals surface area contributed by atoms with Gasteiger partial charge in [-0.2, -0.15) is 0 Å². The van der Waals surface area contributed by atoms with Crippen LogP contribution in [0.25, 0.3) is 0 Å². The van der Waals surface area contributed by atoms with Crippen molar-refractivity contribution < 1.29 is 9.13 Å². The standard InChI is InChI=1S/C13H14N4O3S2/c18-17(19)12-10(8-22(20)11-4-3-7-21-11)14-9-15-13(12)16-5-1-2-6-16/h3-4,7,9H,1-2,5-6,8H2. The fourth-order valence-electron chi connectivity index (χ4n) is 2.45. The number of aromatic nitrogens is 2. The molecule has 0 radical (unpaired) electrons. The van der Waals surface area contributed by atoms with Gasteiger partial charge < -0.3 is 4.90 Å². The van der Waals surface area contributed by atoms with E-state index in [4.69, 9.17) is 0 Å². The van der Waals surface area contributed by atoms with Crippen molar-refractivity contribution in [3.05, 3.63) is 39.6 Å². The van der Waals surface area contributed by atoms with Crippen LogP contribution >= 0.6 is 11.3 Å². The van der Waals surface area contributed by atoms with Crippen molar-refractivity contribution in [2.75, 3.05) is 18.0 Å². The van der Waals surface area contributed by atoms with E-state index in [1.165, 1.54) is 17.7 Å². The van der Waals surface area contributed by atoms with Crippen molar-refractivity contribution in [3.8, 4) is 0 Å². The van der Waals surface area contributed by atoms with Gasteiger partial charge in [0.15, 0.2) is 0 Å². The molecule has 3 rings (SSSR count). The summed E-state index contributed by atoms with van der Waals surface area (Å²) in [5, 5.41) is 13.3. The molecule has 0 N–H and O–H groups in total. The number of nitrogens with zero attached hydrogens (tertiary/aromatic N) is 4. The molecule has 116 valence electrons. The summed E-state index contributed by atoms with van der Waals surface area (Å²) < 4.78 is 13.0. The van der Waals surface area contributed by atoms with Crippen LogP contribution in [0, 0.1) is 10.1 Å². The van der Waals surface area contributed by atoms with E-state index >= 15 is 0 Å². The molecule has 2 aromatic rings. The molecule has 0 saturated carbocycles. The zero-order valence-electron chi connectivity index (χ0n) is 11.7. The predicted molar refractivity (Wildman–Crippen MR) is 84.6 cm³/mol. The average Bonchev–Trinajstić information content (AvgIpc) is 3.20. The Hall–Kier alpha value is -1.87. The Labute approximate surface area is 133 Å². The summed E-state index contributed by atoms with van der Waals surface area (Å²) in [7, 11) is -1.33. The van der Waals surface area contributed by atoms with Crippen molar-refractivity contribution in [3.63, 3.8) is 0 Å². The van der Waals surface area contributed by atoms with Crippen LogP contribution in [-0.2, 0) is 16.6 Å². The monoisotopic (exact) mass is 338 g/mol. The van der Waals surface area contributed by atoms with Crippen LogP contribution in [0.1, 0.15) is 18.5 Å². The smallest absolute Gasteiger partial charge is 0.333 e. The molecule has 0 amide bonds. The third kappa shape index (κ3) is 3.00. The lowest BCUT2D eigenvalue weighted by molar-refractivity contribution is -0.385. The van der Waals surface area contributed by atoms with Gasteiger partial charge in [0.2, 0.25) is 5.82 Å². The Bertz CT molecular complexity index is 699. The molecular formula is C13H14N4O3S2. The first-order valence-corrected chi connectivity index (χ1v) is 9.02. The van der Waals surface area contributed by atoms with Crippen molar-refractivity contribution in [2.45, 2.75) is 22.8 Å². The fraction of sp³-hybridized carbons (Fsp3) is 0.385. The molecule has 3 heterocycles. The molecule has 0 bridgehead atoms. The van der Waals surface area contributed by atoms with Crippen LogP contribution in [0.15, 0.2) is 28.0 Å². The van der Waals surface area contributed by atoms with Crippen molar-refractivity contribution in [2.24, 2.45) is 0 Å². The van der Waals surface area contributed by atoms with Gasteiger partial charge in [-0.25, -0.2) is 9.97 Å². The topological polar surface area (TPSA) is 89.2 Å². The van der Waals surface area contributed by atoms with Crippen LogP contribution in [0.3, 0.4) is 0 Å². The van der Waals surface area contributed by atoms with Crippen molar-refractivity contribution >= 4 is 33.6 Å². The van der Waals surface area contributed by atoms with Crippen LogP contribution < -0.4 is 4.90 Å². The molecule has 0 aliphatic carbocycles. The zero-order valence-corrected chi connectivity index (χ0v) is 13.3. The number of thiophene rings is 1. The van der Waals surface area contributed by atoms with Crippen molar-refractivity contribution in [1.82, 2.24) is 9.97 Å². The molecule has 22 heavy (non-hydrogen) atoms. The SMILES string of the molecule is O=[N+]([O-])c1c(CS(=O)c2cccs2)ncnc1N1CCCC1. The molecule has 1 saturated heterocycles. The summed E-state index contributed by atoms with van der Waals surface area (Å²) in [6.45, 7) is 1.51. The molecule has 2 aromatic heterocycles. The number of anilines is 1. The van der Waals surface area contributed by atoms with Gasteiger partial charge in [0.1, 0.15) is 12.0 Å². The maximum absolute atomic E-state index is 12.3. The molecule has 0 spiro atoms. The molecule has 1 unspecified atom stereocenters. The number of hydrogen-bond donors (Lipinski definition) is 0. The minimum atomic E-state index is -1.33. The molecule has 0 aromatic carbocycles. The average molecular weight is 338 g/mol. The van der Waals surface area contributed by atoms with Gasteiger partial charge in [0.05, 0.1) is 25.7 Å². The van der Waals surface area contributed by atoms with E-state index in [0.29, 0.717) is 10.0 Å². The summed E-state index contributed by atoms with van der Waals surface area (Å²) in [6, 6.07) is 3.57. The minimum Gasteiger partial charge on any atom is -0.351 e. The van der Waals surface area contributed by atoms with E-state index in [9.17, 15) is 14.3 Å². The second kappa shape index (κ2) is 6.49. The largest absolute Gasteiger partial charge is 0.351 e. The molecule has 1 fully saturated rings. The third-order valence-electron chi connectivity index (χ3n) is 3.45. The van der Waals surface area contributed by atoms with E-state index in [1.807, 2.05) is 16.3 Å². The molecule has 1 aliphatic heterocycles.